The van der Waals surface area contributed by atoms with Crippen LogP contribution >= 0.6 is 11.8 Å². The largest absolute Gasteiger partial charge is 0.493 e. The predicted octanol–water partition coefficient (Wildman–Crippen LogP) is 3.67. The fourth-order valence-electron chi connectivity index (χ4n) is 2.34. The van der Waals surface area contributed by atoms with Crippen LogP contribution in [0.5, 0.6) is 5.75 Å². The van der Waals surface area contributed by atoms with Crippen molar-refractivity contribution < 1.29 is 9.53 Å². The summed E-state index contributed by atoms with van der Waals surface area (Å²) in [5.74, 6) is 1.59. The van der Waals surface area contributed by atoms with Crippen molar-refractivity contribution in [3.8, 4) is 11.4 Å². The van der Waals surface area contributed by atoms with Crippen LogP contribution in [0.2, 0.25) is 0 Å². The number of carbonyl (C=O) groups excluding carboxylic acids is 1. The molecule has 7 heteroatoms. The van der Waals surface area contributed by atoms with E-state index in [1.165, 1.54) is 11.8 Å². The highest BCUT2D eigenvalue weighted by Crippen LogP contribution is 2.19. The molecule has 0 N–H and O–H groups in total. The average molecular weight is 368 g/mol. The highest BCUT2D eigenvalue weighted by Gasteiger charge is 2.10. The van der Waals surface area contributed by atoms with Gasteiger partial charge < -0.3 is 4.74 Å². The second-order valence-electron chi connectivity index (χ2n) is 5.95. The van der Waals surface area contributed by atoms with Crippen LogP contribution in [0.15, 0.2) is 59.8 Å². The van der Waals surface area contributed by atoms with E-state index in [4.69, 9.17) is 4.74 Å². The van der Waals surface area contributed by atoms with E-state index in [-0.39, 0.29) is 11.7 Å². The molecule has 0 amide bonds. The summed E-state index contributed by atoms with van der Waals surface area (Å²) in [7, 11) is 0. The van der Waals surface area contributed by atoms with Gasteiger partial charge in [0.1, 0.15) is 5.75 Å². The topological polar surface area (TPSA) is 69.9 Å². The third kappa shape index (κ3) is 4.49. The Hall–Kier alpha value is -2.67. The Morgan fingerprint density at radius 1 is 1.12 bits per heavy atom. The van der Waals surface area contributed by atoms with Crippen LogP contribution in [0, 0.1) is 5.92 Å². The fourth-order valence-corrected chi connectivity index (χ4v) is 3.05. The molecule has 0 aliphatic rings. The number of Topliss-reactive ketones (excluding diaryl/α,β-unsaturated/α-hetero) is 1. The number of benzene rings is 2. The zero-order valence-electron chi connectivity index (χ0n) is 14.7. The molecule has 3 aromatic rings. The third-order valence-corrected chi connectivity index (χ3v) is 4.57. The SMILES string of the molecule is CC(C)C(=O)c1ccc(OCCSc2nnnn2-c2ccccc2)cc1. The summed E-state index contributed by atoms with van der Waals surface area (Å²) < 4.78 is 7.44. The summed E-state index contributed by atoms with van der Waals surface area (Å²) in [6.07, 6.45) is 0. The predicted molar refractivity (Wildman–Crippen MR) is 101 cm³/mol. The summed E-state index contributed by atoms with van der Waals surface area (Å²) in [6, 6.07) is 17.0. The van der Waals surface area contributed by atoms with Crippen LogP contribution in [-0.2, 0) is 0 Å². The van der Waals surface area contributed by atoms with Gasteiger partial charge in [0.05, 0.1) is 12.3 Å². The lowest BCUT2D eigenvalue weighted by molar-refractivity contribution is 0.0939. The highest BCUT2D eigenvalue weighted by atomic mass is 32.2. The molecule has 0 spiro atoms. The standard InChI is InChI=1S/C19H20N4O2S/c1-14(2)18(24)15-8-10-17(11-9-15)25-12-13-26-19-20-21-22-23(19)16-6-4-3-5-7-16/h3-11,14H,12-13H2,1-2H3. The number of ether oxygens (including phenoxy) is 1. The number of hydrogen-bond acceptors (Lipinski definition) is 6. The van der Waals surface area contributed by atoms with Crippen molar-refractivity contribution >= 4 is 17.5 Å². The van der Waals surface area contributed by atoms with Gasteiger partial charge in [0.15, 0.2) is 5.78 Å². The van der Waals surface area contributed by atoms with Crippen LogP contribution in [0.1, 0.15) is 24.2 Å². The molecule has 3 rings (SSSR count). The number of hydrogen-bond donors (Lipinski definition) is 0. The molecule has 1 aromatic heterocycles. The van der Waals surface area contributed by atoms with Gasteiger partial charge in [-0.05, 0) is 46.8 Å². The van der Waals surface area contributed by atoms with E-state index < -0.39 is 0 Å². The zero-order chi connectivity index (χ0) is 18.4. The van der Waals surface area contributed by atoms with Crippen molar-refractivity contribution in [3.63, 3.8) is 0 Å². The molecule has 0 aliphatic carbocycles. The minimum Gasteiger partial charge on any atom is -0.493 e. The van der Waals surface area contributed by atoms with E-state index in [2.05, 4.69) is 15.5 Å². The molecule has 0 saturated carbocycles. The molecular formula is C19H20N4O2S. The Balaban J connectivity index is 1.51. The van der Waals surface area contributed by atoms with E-state index in [9.17, 15) is 4.79 Å². The number of aromatic nitrogens is 4. The van der Waals surface area contributed by atoms with Crippen LogP contribution in [0.3, 0.4) is 0 Å². The Labute approximate surface area is 156 Å². The lowest BCUT2D eigenvalue weighted by Gasteiger charge is -2.08. The first-order valence-electron chi connectivity index (χ1n) is 8.39. The minimum atomic E-state index is -0.00579. The second-order valence-corrected chi connectivity index (χ2v) is 7.01. The van der Waals surface area contributed by atoms with Crippen molar-refractivity contribution in [1.29, 1.82) is 0 Å². The molecule has 6 nitrogen and oxygen atoms in total. The highest BCUT2D eigenvalue weighted by molar-refractivity contribution is 7.99. The molecule has 0 radical (unpaired) electrons. The normalized spacial score (nSPS) is 10.9. The molecule has 0 atom stereocenters. The molecule has 134 valence electrons. The molecule has 26 heavy (non-hydrogen) atoms. The third-order valence-electron chi connectivity index (χ3n) is 3.69. The summed E-state index contributed by atoms with van der Waals surface area (Å²) in [5.41, 5.74) is 1.63. The average Bonchev–Trinajstić information content (AvgIpc) is 3.14. The van der Waals surface area contributed by atoms with E-state index in [1.807, 2.05) is 56.3 Å². The van der Waals surface area contributed by atoms with E-state index in [1.54, 1.807) is 16.8 Å². The van der Waals surface area contributed by atoms with Gasteiger partial charge in [0, 0.05) is 17.2 Å². The van der Waals surface area contributed by atoms with Crippen LogP contribution in [0.4, 0.5) is 0 Å². The van der Waals surface area contributed by atoms with Crippen LogP contribution < -0.4 is 4.74 Å². The van der Waals surface area contributed by atoms with Crippen LogP contribution in [-0.4, -0.2) is 38.4 Å². The first-order chi connectivity index (χ1) is 12.6. The zero-order valence-corrected chi connectivity index (χ0v) is 15.5. The van der Waals surface area contributed by atoms with Gasteiger partial charge >= 0.3 is 0 Å². The first kappa shape index (κ1) is 18.1. The summed E-state index contributed by atoms with van der Waals surface area (Å²) in [5, 5.41) is 12.5. The van der Waals surface area contributed by atoms with Crippen molar-refractivity contribution in [2.24, 2.45) is 5.92 Å². The van der Waals surface area contributed by atoms with Gasteiger partial charge in [-0.1, -0.05) is 43.8 Å². The number of para-hydroxylation sites is 1. The van der Waals surface area contributed by atoms with E-state index >= 15 is 0 Å². The first-order valence-corrected chi connectivity index (χ1v) is 9.37. The maximum absolute atomic E-state index is 11.9. The molecule has 0 unspecified atom stereocenters. The van der Waals surface area contributed by atoms with Gasteiger partial charge in [-0.2, -0.15) is 4.68 Å². The van der Waals surface area contributed by atoms with Crippen molar-refractivity contribution in [2.75, 3.05) is 12.4 Å². The summed E-state index contributed by atoms with van der Waals surface area (Å²) in [6.45, 7) is 4.31. The number of ketones is 1. The van der Waals surface area contributed by atoms with Crippen LogP contribution in [0.25, 0.3) is 5.69 Å². The lowest BCUT2D eigenvalue weighted by Crippen LogP contribution is -2.07. The molecule has 0 aliphatic heterocycles. The van der Waals surface area contributed by atoms with Gasteiger partial charge in [-0.15, -0.1) is 5.10 Å². The molecule has 0 fully saturated rings. The molecule has 1 heterocycles. The van der Waals surface area contributed by atoms with Crippen molar-refractivity contribution in [3.05, 3.63) is 60.2 Å². The number of nitrogens with zero attached hydrogens (tertiary/aromatic N) is 4. The maximum Gasteiger partial charge on any atom is 0.214 e. The summed E-state index contributed by atoms with van der Waals surface area (Å²) in [4.78, 5) is 11.9. The van der Waals surface area contributed by atoms with E-state index in [0.29, 0.717) is 17.9 Å². The second kappa shape index (κ2) is 8.62. The Morgan fingerprint density at radius 2 is 1.85 bits per heavy atom. The molecule has 0 bridgehead atoms. The Kier molecular flexibility index (Phi) is 6.01. The lowest BCUT2D eigenvalue weighted by atomic mass is 10.0. The molecule has 0 saturated heterocycles. The quantitative estimate of drug-likeness (QED) is 0.343. The Bertz CT molecular complexity index is 847. The number of rotatable bonds is 8. The van der Waals surface area contributed by atoms with Crippen molar-refractivity contribution in [1.82, 2.24) is 20.2 Å². The van der Waals surface area contributed by atoms with E-state index in [0.717, 1.165) is 16.6 Å². The van der Waals surface area contributed by atoms with Crippen molar-refractivity contribution in [2.45, 2.75) is 19.0 Å². The van der Waals surface area contributed by atoms with Gasteiger partial charge in [0.2, 0.25) is 5.16 Å². The number of tetrazole rings is 1. The van der Waals surface area contributed by atoms with Gasteiger partial charge in [-0.25, -0.2) is 0 Å². The number of carbonyl (C=O) groups is 1. The van der Waals surface area contributed by atoms with Gasteiger partial charge in [-0.3, -0.25) is 4.79 Å². The monoisotopic (exact) mass is 368 g/mol. The molecular weight excluding hydrogens is 348 g/mol. The van der Waals surface area contributed by atoms with Gasteiger partial charge in [0.25, 0.3) is 0 Å². The maximum atomic E-state index is 11.9. The minimum absolute atomic E-state index is 0.00579. The fraction of sp³-hybridized carbons (Fsp3) is 0.263. The Morgan fingerprint density at radius 3 is 2.54 bits per heavy atom. The summed E-state index contributed by atoms with van der Waals surface area (Å²) >= 11 is 1.53. The number of thioether (sulfide) groups is 1. The molecule has 2 aromatic carbocycles. The smallest absolute Gasteiger partial charge is 0.214 e.